The fraction of sp³-hybridized carbons (Fsp3) is 0.409. The number of benzene rings is 1. The van der Waals surface area contributed by atoms with Crippen LogP contribution in [0.3, 0.4) is 0 Å². The van der Waals surface area contributed by atoms with Crippen molar-refractivity contribution in [3.8, 4) is 0 Å². The summed E-state index contributed by atoms with van der Waals surface area (Å²) in [5, 5.41) is 3.79. The zero-order chi connectivity index (χ0) is 20.5. The van der Waals surface area contributed by atoms with E-state index in [2.05, 4.69) is 52.7 Å². The number of nitrogens with one attached hydrogen (secondary N) is 1. The van der Waals surface area contributed by atoms with Gasteiger partial charge in [-0.1, -0.05) is 43.2 Å². The highest BCUT2D eigenvalue weighted by molar-refractivity contribution is 7.09. The molecule has 0 aliphatic heterocycles. The topological polar surface area (TPSA) is 71.3 Å². The van der Waals surface area contributed by atoms with Crippen molar-refractivity contribution < 1.29 is 9.21 Å². The molecule has 1 aromatic carbocycles. The van der Waals surface area contributed by atoms with Crippen molar-refractivity contribution in [2.75, 3.05) is 18.0 Å². The molecule has 1 N–H and O–H groups in total. The predicted molar refractivity (Wildman–Crippen MR) is 116 cm³/mol. The van der Waals surface area contributed by atoms with Crippen LogP contribution in [0.2, 0.25) is 0 Å². The number of nitrogens with zero attached hydrogens (tertiary/aromatic N) is 3. The average molecular weight is 413 g/mol. The molecule has 3 rings (SSSR count). The lowest BCUT2D eigenvalue weighted by molar-refractivity contribution is -0.121. The molecule has 0 bridgehead atoms. The number of carbonyl (C=O) groups is 1. The molecule has 2 aromatic heterocycles. The van der Waals surface area contributed by atoms with Gasteiger partial charge in [-0.15, -0.1) is 0 Å². The van der Waals surface area contributed by atoms with Crippen molar-refractivity contribution in [3.05, 3.63) is 65.4 Å². The van der Waals surface area contributed by atoms with Crippen molar-refractivity contribution in [2.24, 2.45) is 0 Å². The first kappa shape index (κ1) is 21.0. The van der Waals surface area contributed by atoms with Crippen LogP contribution in [0.1, 0.15) is 48.9 Å². The third-order valence-corrected chi connectivity index (χ3v) is 5.46. The lowest BCUT2D eigenvalue weighted by Crippen LogP contribution is -2.31. The predicted octanol–water partition coefficient (Wildman–Crippen LogP) is 4.34. The maximum absolute atomic E-state index is 12.2. The SMILES string of the molecule is CCCCN(CCC(=O)NCc1ccco1)c1nc(Cc2ccc(C)cc2)ns1. The number of amides is 1. The minimum atomic E-state index is 0.00675. The zero-order valence-corrected chi connectivity index (χ0v) is 17.9. The number of hydrogen-bond acceptors (Lipinski definition) is 6. The second-order valence-corrected chi connectivity index (χ2v) is 7.83. The van der Waals surface area contributed by atoms with E-state index in [1.54, 1.807) is 6.26 Å². The smallest absolute Gasteiger partial charge is 0.222 e. The Morgan fingerprint density at radius 3 is 2.76 bits per heavy atom. The van der Waals surface area contributed by atoms with Crippen LogP contribution in [0.25, 0.3) is 0 Å². The Kier molecular flexibility index (Phi) is 7.81. The van der Waals surface area contributed by atoms with Gasteiger partial charge in [-0.2, -0.15) is 4.37 Å². The number of furan rings is 1. The summed E-state index contributed by atoms with van der Waals surface area (Å²) in [7, 11) is 0. The van der Waals surface area contributed by atoms with Crippen LogP contribution in [0.5, 0.6) is 0 Å². The zero-order valence-electron chi connectivity index (χ0n) is 17.1. The van der Waals surface area contributed by atoms with Gasteiger partial charge in [0.25, 0.3) is 0 Å². The van der Waals surface area contributed by atoms with E-state index in [0.717, 1.165) is 42.5 Å². The first-order valence-electron chi connectivity index (χ1n) is 10.1. The average Bonchev–Trinajstić information content (AvgIpc) is 3.40. The molecule has 154 valence electrons. The lowest BCUT2D eigenvalue weighted by Gasteiger charge is -2.20. The molecule has 0 radical (unpaired) electrons. The maximum atomic E-state index is 12.2. The van der Waals surface area contributed by atoms with Gasteiger partial charge in [-0.05, 0) is 31.0 Å². The molecule has 6 nitrogen and oxygen atoms in total. The summed E-state index contributed by atoms with van der Waals surface area (Å²) in [5.41, 5.74) is 2.45. The summed E-state index contributed by atoms with van der Waals surface area (Å²) in [5.74, 6) is 1.59. The minimum absolute atomic E-state index is 0.00675. The van der Waals surface area contributed by atoms with Gasteiger partial charge in [0, 0.05) is 37.5 Å². The number of aryl methyl sites for hydroxylation is 1. The van der Waals surface area contributed by atoms with Gasteiger partial charge < -0.3 is 14.6 Å². The van der Waals surface area contributed by atoms with E-state index in [-0.39, 0.29) is 5.91 Å². The molecule has 2 heterocycles. The van der Waals surface area contributed by atoms with Crippen LogP contribution in [-0.4, -0.2) is 28.4 Å². The first-order chi connectivity index (χ1) is 14.1. The fourth-order valence-corrected chi connectivity index (χ4v) is 3.65. The molecule has 1 amide bonds. The monoisotopic (exact) mass is 412 g/mol. The molecule has 0 unspecified atom stereocenters. The largest absolute Gasteiger partial charge is 0.467 e. The Balaban J connectivity index is 1.55. The second kappa shape index (κ2) is 10.8. The van der Waals surface area contributed by atoms with Gasteiger partial charge in [0.1, 0.15) is 11.6 Å². The Morgan fingerprint density at radius 1 is 1.21 bits per heavy atom. The molecule has 0 fully saturated rings. The Bertz CT molecular complexity index is 875. The highest BCUT2D eigenvalue weighted by Gasteiger charge is 2.14. The third-order valence-electron chi connectivity index (χ3n) is 4.64. The Morgan fingerprint density at radius 2 is 2.03 bits per heavy atom. The molecule has 7 heteroatoms. The summed E-state index contributed by atoms with van der Waals surface area (Å²) in [6.07, 6.45) is 4.90. The van der Waals surface area contributed by atoms with E-state index >= 15 is 0 Å². The number of anilines is 1. The van der Waals surface area contributed by atoms with Crippen molar-refractivity contribution in [2.45, 2.75) is 46.1 Å². The molecule has 0 saturated heterocycles. The quantitative estimate of drug-likeness (QED) is 0.507. The molecule has 0 saturated carbocycles. The highest BCUT2D eigenvalue weighted by Crippen LogP contribution is 2.20. The van der Waals surface area contributed by atoms with Gasteiger partial charge in [-0.3, -0.25) is 4.79 Å². The van der Waals surface area contributed by atoms with Crippen LogP contribution >= 0.6 is 11.5 Å². The maximum Gasteiger partial charge on any atom is 0.222 e. The van der Waals surface area contributed by atoms with E-state index in [1.807, 2.05) is 12.1 Å². The molecule has 0 spiro atoms. The van der Waals surface area contributed by atoms with E-state index in [9.17, 15) is 4.79 Å². The molecular formula is C22H28N4O2S. The van der Waals surface area contributed by atoms with Crippen molar-refractivity contribution >= 4 is 22.6 Å². The molecule has 0 aliphatic carbocycles. The summed E-state index contributed by atoms with van der Waals surface area (Å²) in [4.78, 5) is 19.1. The summed E-state index contributed by atoms with van der Waals surface area (Å²) < 4.78 is 9.78. The van der Waals surface area contributed by atoms with Gasteiger partial charge in [0.2, 0.25) is 11.0 Å². The van der Waals surface area contributed by atoms with Crippen molar-refractivity contribution in [1.82, 2.24) is 14.7 Å². The van der Waals surface area contributed by atoms with Gasteiger partial charge in [0.05, 0.1) is 12.8 Å². The number of aromatic nitrogens is 2. The number of rotatable bonds is 11. The van der Waals surface area contributed by atoms with Crippen molar-refractivity contribution in [3.63, 3.8) is 0 Å². The van der Waals surface area contributed by atoms with E-state index in [0.29, 0.717) is 19.5 Å². The summed E-state index contributed by atoms with van der Waals surface area (Å²) >= 11 is 1.41. The van der Waals surface area contributed by atoms with Crippen LogP contribution < -0.4 is 10.2 Å². The van der Waals surface area contributed by atoms with Crippen LogP contribution in [-0.2, 0) is 17.8 Å². The molecular weight excluding hydrogens is 384 g/mol. The third kappa shape index (κ3) is 6.71. The Labute approximate surface area is 176 Å². The van der Waals surface area contributed by atoms with Gasteiger partial charge in [0.15, 0.2) is 0 Å². The molecule has 29 heavy (non-hydrogen) atoms. The summed E-state index contributed by atoms with van der Waals surface area (Å²) in [6, 6.07) is 12.1. The van der Waals surface area contributed by atoms with Crippen LogP contribution in [0, 0.1) is 6.92 Å². The normalized spacial score (nSPS) is 10.8. The first-order valence-corrected chi connectivity index (χ1v) is 10.8. The van der Waals surface area contributed by atoms with Gasteiger partial charge in [-0.25, -0.2) is 4.98 Å². The minimum Gasteiger partial charge on any atom is -0.467 e. The van der Waals surface area contributed by atoms with E-state index in [4.69, 9.17) is 9.40 Å². The lowest BCUT2D eigenvalue weighted by atomic mass is 10.1. The van der Waals surface area contributed by atoms with Crippen molar-refractivity contribution in [1.29, 1.82) is 0 Å². The van der Waals surface area contributed by atoms with Crippen LogP contribution in [0.4, 0.5) is 5.13 Å². The fourth-order valence-electron chi connectivity index (χ4n) is 2.91. The summed E-state index contributed by atoms with van der Waals surface area (Å²) in [6.45, 7) is 6.17. The molecule has 0 atom stereocenters. The second-order valence-electron chi connectivity index (χ2n) is 7.10. The molecule has 0 aliphatic rings. The Hall–Kier alpha value is -2.67. The van der Waals surface area contributed by atoms with Gasteiger partial charge >= 0.3 is 0 Å². The number of hydrogen-bond donors (Lipinski definition) is 1. The van der Waals surface area contributed by atoms with E-state index in [1.165, 1.54) is 22.7 Å². The number of unbranched alkanes of at least 4 members (excludes halogenated alkanes) is 1. The van der Waals surface area contributed by atoms with Crippen LogP contribution in [0.15, 0.2) is 47.1 Å². The van der Waals surface area contributed by atoms with E-state index < -0.39 is 0 Å². The standard InChI is InChI=1S/C22H28N4O2S/c1-3-4-12-26(13-11-21(27)23-16-19-6-5-14-28-19)22-24-20(25-29-22)15-18-9-7-17(2)8-10-18/h5-10,14H,3-4,11-13,15-16H2,1-2H3,(H,23,27). The molecule has 3 aromatic rings. The highest BCUT2D eigenvalue weighted by atomic mass is 32.1. The number of carbonyl (C=O) groups excluding carboxylic acids is 1.